The Bertz CT molecular complexity index is 1720. The molecule has 4 aliphatic rings. The predicted molar refractivity (Wildman–Crippen MR) is 184 cm³/mol. The lowest BCUT2D eigenvalue weighted by molar-refractivity contribution is -0.146. The van der Waals surface area contributed by atoms with E-state index in [0.29, 0.717) is 25.2 Å². The molecule has 2 aromatic carbocycles. The van der Waals surface area contributed by atoms with Gasteiger partial charge in [-0.05, 0) is 42.2 Å². The van der Waals surface area contributed by atoms with Gasteiger partial charge in [-0.1, -0.05) is 87.5 Å². The molecular weight excluding hydrogens is 646 g/mol. The monoisotopic (exact) mass is 691 g/mol. The zero-order chi connectivity index (χ0) is 35.1. The summed E-state index contributed by atoms with van der Waals surface area (Å²) in [4.78, 5) is 54.9. The van der Waals surface area contributed by atoms with Gasteiger partial charge < -0.3 is 19.9 Å². The number of benzene rings is 2. The normalized spacial score (nSPS) is 24.7. The molecule has 3 N–H and O–H groups in total. The summed E-state index contributed by atoms with van der Waals surface area (Å²) in [6.07, 6.45) is 2.16. The number of amides is 3. The van der Waals surface area contributed by atoms with Gasteiger partial charge >= 0.3 is 0 Å². The first kappa shape index (κ1) is 34.8. The number of hydroxylamine groups is 1. The lowest BCUT2D eigenvalue weighted by Crippen LogP contribution is -2.58. The number of likely N-dealkylation sites (tertiary alicyclic amines) is 1. The van der Waals surface area contributed by atoms with Crippen molar-refractivity contribution in [3.05, 3.63) is 72.3 Å². The van der Waals surface area contributed by atoms with E-state index in [9.17, 15) is 22.8 Å². The lowest BCUT2D eigenvalue weighted by Gasteiger charge is -2.31. The Morgan fingerprint density at radius 3 is 2.16 bits per heavy atom. The molecule has 1 aliphatic heterocycles. The minimum Gasteiger partial charge on any atom is -0.390 e. The zero-order valence-corrected chi connectivity index (χ0v) is 29.2. The second-order valence-electron chi connectivity index (χ2n) is 14.2. The van der Waals surface area contributed by atoms with Crippen molar-refractivity contribution in [2.75, 3.05) is 13.2 Å². The van der Waals surface area contributed by atoms with Crippen molar-refractivity contribution in [2.24, 2.45) is 22.9 Å². The largest absolute Gasteiger partial charge is 0.390 e. The van der Waals surface area contributed by atoms with E-state index in [0.717, 1.165) is 22.3 Å². The van der Waals surface area contributed by atoms with Crippen molar-refractivity contribution in [3.8, 4) is 11.1 Å². The second-order valence-corrected chi connectivity index (χ2v) is 16.2. The summed E-state index contributed by atoms with van der Waals surface area (Å²) in [5, 5.41) is 6.81. The van der Waals surface area contributed by atoms with Crippen LogP contribution in [0.3, 0.4) is 0 Å². The fourth-order valence-electron chi connectivity index (χ4n) is 6.56. The first-order valence-corrected chi connectivity index (χ1v) is 18.5. The average Bonchev–Trinajstić information content (AvgIpc) is 3.98. The molecule has 6 rings (SSSR count). The molecule has 1 heterocycles. The highest BCUT2D eigenvalue weighted by Crippen LogP contribution is 2.45. The minimum atomic E-state index is -3.85. The Morgan fingerprint density at radius 2 is 1.63 bits per heavy atom. The average molecular weight is 692 g/mol. The van der Waals surface area contributed by atoms with Gasteiger partial charge in [-0.3, -0.25) is 19.1 Å². The predicted octanol–water partition coefficient (Wildman–Crippen LogP) is 3.28. The number of sulfonamides is 1. The van der Waals surface area contributed by atoms with Crippen LogP contribution in [0.4, 0.5) is 0 Å². The standard InChI is InChI=1S/C36H45N5O7S/c1-6-23-18-36(23,35(44)40-49(45,46)25-15-16-25)37-33(42)30-17-24(19-41(30)34(43)31(22(4)5)38-47-20-21(2)3)48-39-32-28-13-9-7-11-26(28)27-12-8-10-14-29(27)32/h6-14,21-25,30-31,38H,1,15-20H2,2-5H3,(H,37,42)(H,40,44)/t23-,24-,30+,31-,36+/m1/s1. The molecule has 0 bridgehead atoms. The minimum absolute atomic E-state index is 0.0617. The Labute approximate surface area is 287 Å². The van der Waals surface area contributed by atoms with Gasteiger partial charge in [0.25, 0.3) is 5.91 Å². The van der Waals surface area contributed by atoms with Crippen molar-refractivity contribution in [1.82, 2.24) is 20.4 Å². The number of hydrogen-bond acceptors (Lipinski definition) is 9. The number of nitrogens with zero attached hydrogens (tertiary/aromatic N) is 2. The second kappa shape index (κ2) is 13.7. The number of carbonyl (C=O) groups is 3. The molecular formula is C36H45N5O7S. The molecule has 0 aromatic heterocycles. The number of rotatable bonds is 14. The van der Waals surface area contributed by atoms with Gasteiger partial charge in [0.05, 0.1) is 18.4 Å². The molecule has 12 nitrogen and oxygen atoms in total. The van der Waals surface area contributed by atoms with Crippen LogP contribution in [0.25, 0.3) is 11.1 Å². The SMILES string of the molecule is C=C[C@@H]1C[C@@]1(NC(=O)[C@@H]1C[C@@H](ON=C2c3ccccc3-c3ccccc32)CN1C(=O)[C@H](NOCC(C)C)C(C)C)C(=O)NS(=O)(=O)C1CC1. The van der Waals surface area contributed by atoms with Crippen LogP contribution in [0.15, 0.2) is 66.3 Å². The number of oxime groups is 1. The van der Waals surface area contributed by atoms with Gasteiger partial charge in [-0.2, -0.15) is 5.48 Å². The first-order valence-electron chi connectivity index (χ1n) is 17.0. The van der Waals surface area contributed by atoms with Gasteiger partial charge in [0.1, 0.15) is 29.4 Å². The van der Waals surface area contributed by atoms with E-state index < -0.39 is 56.7 Å². The third kappa shape index (κ3) is 7.01. The van der Waals surface area contributed by atoms with E-state index in [2.05, 4.69) is 27.3 Å². The summed E-state index contributed by atoms with van der Waals surface area (Å²) >= 11 is 0. The third-order valence-corrected chi connectivity index (χ3v) is 11.4. The van der Waals surface area contributed by atoms with Crippen LogP contribution in [0.5, 0.6) is 0 Å². The van der Waals surface area contributed by atoms with E-state index in [-0.39, 0.29) is 37.1 Å². The van der Waals surface area contributed by atoms with Crippen molar-refractivity contribution in [1.29, 1.82) is 0 Å². The highest BCUT2D eigenvalue weighted by molar-refractivity contribution is 7.91. The molecule has 2 aromatic rings. The number of nitrogens with one attached hydrogen (secondary N) is 3. The summed E-state index contributed by atoms with van der Waals surface area (Å²) in [6.45, 7) is 12.0. The summed E-state index contributed by atoms with van der Waals surface area (Å²) in [7, 11) is -3.85. The van der Waals surface area contributed by atoms with Gasteiger partial charge in [-0.15, -0.1) is 6.58 Å². The van der Waals surface area contributed by atoms with Crippen molar-refractivity contribution < 1.29 is 32.5 Å². The van der Waals surface area contributed by atoms with Crippen molar-refractivity contribution in [2.45, 2.75) is 82.4 Å². The van der Waals surface area contributed by atoms with Crippen LogP contribution in [0.2, 0.25) is 0 Å². The zero-order valence-electron chi connectivity index (χ0n) is 28.3. The maximum atomic E-state index is 14.2. The summed E-state index contributed by atoms with van der Waals surface area (Å²) in [6, 6.07) is 14.0. The Morgan fingerprint density at radius 1 is 1.02 bits per heavy atom. The summed E-state index contributed by atoms with van der Waals surface area (Å²) < 4.78 is 27.4. The molecule has 3 aliphatic carbocycles. The van der Waals surface area contributed by atoms with E-state index >= 15 is 0 Å². The Balaban J connectivity index is 1.25. The highest BCUT2D eigenvalue weighted by Gasteiger charge is 2.62. The van der Waals surface area contributed by atoms with E-state index in [1.807, 2.05) is 76.2 Å². The van der Waals surface area contributed by atoms with Crippen molar-refractivity contribution >= 4 is 33.5 Å². The molecule has 5 atom stereocenters. The Kier molecular flexibility index (Phi) is 9.71. The van der Waals surface area contributed by atoms with Crippen LogP contribution < -0.4 is 15.5 Å². The number of carbonyl (C=O) groups excluding carboxylic acids is 3. The molecule has 13 heteroatoms. The molecule has 2 saturated carbocycles. The number of hydrogen-bond donors (Lipinski definition) is 3. The fourth-order valence-corrected chi connectivity index (χ4v) is 7.92. The molecule has 3 fully saturated rings. The summed E-state index contributed by atoms with van der Waals surface area (Å²) in [5.41, 5.74) is 6.02. The van der Waals surface area contributed by atoms with E-state index in [1.165, 1.54) is 11.0 Å². The van der Waals surface area contributed by atoms with Gasteiger partial charge in [0, 0.05) is 23.5 Å². The topological polar surface area (TPSA) is 156 Å². The molecule has 0 unspecified atom stereocenters. The van der Waals surface area contributed by atoms with Crippen LogP contribution in [-0.2, 0) is 34.1 Å². The molecule has 1 saturated heterocycles. The molecule has 262 valence electrons. The first-order chi connectivity index (χ1) is 23.4. The maximum Gasteiger partial charge on any atom is 0.259 e. The quantitative estimate of drug-likeness (QED) is 0.172. The van der Waals surface area contributed by atoms with Crippen molar-refractivity contribution in [3.63, 3.8) is 0 Å². The molecule has 49 heavy (non-hydrogen) atoms. The third-order valence-electron chi connectivity index (χ3n) is 9.60. The lowest BCUT2D eigenvalue weighted by atomic mass is 10.0. The number of fused-ring (bicyclic) bond motifs is 3. The molecule has 0 spiro atoms. The van der Waals surface area contributed by atoms with E-state index in [1.54, 1.807) is 0 Å². The smallest absolute Gasteiger partial charge is 0.259 e. The van der Waals surface area contributed by atoms with Crippen LogP contribution in [0, 0.1) is 17.8 Å². The Hall–Kier alpha value is -4.07. The summed E-state index contributed by atoms with van der Waals surface area (Å²) in [5.74, 6) is -2.17. The molecule has 0 radical (unpaired) electrons. The van der Waals surface area contributed by atoms with Crippen LogP contribution in [0.1, 0.15) is 64.5 Å². The van der Waals surface area contributed by atoms with Gasteiger partial charge in [0.2, 0.25) is 21.8 Å². The van der Waals surface area contributed by atoms with Gasteiger partial charge in [-0.25, -0.2) is 8.42 Å². The van der Waals surface area contributed by atoms with E-state index in [4.69, 9.17) is 9.68 Å². The maximum absolute atomic E-state index is 14.2. The van der Waals surface area contributed by atoms with Gasteiger partial charge in [0.15, 0.2) is 0 Å². The molecule has 3 amide bonds. The van der Waals surface area contributed by atoms with Crippen LogP contribution >= 0.6 is 0 Å². The van der Waals surface area contributed by atoms with Crippen LogP contribution in [-0.4, -0.2) is 78.9 Å². The fraction of sp³-hybridized carbons (Fsp3) is 0.500. The highest BCUT2D eigenvalue weighted by atomic mass is 32.2.